The fourth-order valence-corrected chi connectivity index (χ4v) is 3.76. The topological polar surface area (TPSA) is 62.3 Å². The molecule has 1 N–H and O–H groups in total. The van der Waals surface area contributed by atoms with Crippen LogP contribution < -0.4 is 5.32 Å². The number of pyridine rings is 1. The van der Waals surface area contributed by atoms with Crippen LogP contribution in [0.4, 0.5) is 10.1 Å². The van der Waals surface area contributed by atoms with Gasteiger partial charge in [0.1, 0.15) is 5.82 Å². The maximum Gasteiger partial charge on any atom is 0.227 e. The van der Waals surface area contributed by atoms with Crippen LogP contribution in [-0.2, 0) is 16.0 Å². The molecular weight excluding hydrogens is 369 g/mol. The second kappa shape index (κ2) is 8.39. The summed E-state index contributed by atoms with van der Waals surface area (Å²) in [5.74, 6) is -0.561. The van der Waals surface area contributed by atoms with E-state index in [2.05, 4.69) is 10.3 Å². The quantitative estimate of drug-likeness (QED) is 0.736. The maximum absolute atomic E-state index is 13.3. The first-order valence-corrected chi connectivity index (χ1v) is 9.77. The molecule has 0 radical (unpaired) electrons. The van der Waals surface area contributed by atoms with Gasteiger partial charge in [0.05, 0.1) is 17.6 Å². The van der Waals surface area contributed by atoms with Crippen molar-refractivity contribution in [3.8, 4) is 0 Å². The summed E-state index contributed by atoms with van der Waals surface area (Å²) < 4.78 is 13.3. The number of nitrogens with one attached hydrogen (secondary N) is 1. The number of amides is 2. The predicted octanol–water partition coefficient (Wildman–Crippen LogP) is 3.79. The van der Waals surface area contributed by atoms with Crippen molar-refractivity contribution in [2.75, 3.05) is 18.4 Å². The van der Waals surface area contributed by atoms with Gasteiger partial charge in [-0.1, -0.05) is 30.3 Å². The zero-order valence-electron chi connectivity index (χ0n) is 16.0. The number of para-hydroxylation sites is 1. The van der Waals surface area contributed by atoms with E-state index in [1.807, 2.05) is 30.3 Å². The van der Waals surface area contributed by atoms with Gasteiger partial charge in [-0.15, -0.1) is 0 Å². The summed E-state index contributed by atoms with van der Waals surface area (Å²) in [7, 11) is 0. The van der Waals surface area contributed by atoms with Crippen LogP contribution in [0.3, 0.4) is 0 Å². The van der Waals surface area contributed by atoms with Crippen LogP contribution in [0.1, 0.15) is 18.4 Å². The number of halogens is 1. The summed E-state index contributed by atoms with van der Waals surface area (Å²) in [5.41, 5.74) is 2.14. The van der Waals surface area contributed by atoms with Gasteiger partial charge in [-0.05, 0) is 42.7 Å². The molecular formula is C23H22FN3O2. The molecule has 1 aliphatic heterocycles. The zero-order chi connectivity index (χ0) is 20.2. The number of fused-ring (bicyclic) bond motifs is 1. The number of nitrogens with zero attached hydrogens (tertiary/aromatic N) is 2. The number of anilines is 1. The van der Waals surface area contributed by atoms with Crippen LogP contribution in [0, 0.1) is 11.7 Å². The molecule has 1 saturated heterocycles. The van der Waals surface area contributed by atoms with Crippen LogP contribution >= 0.6 is 0 Å². The molecule has 0 spiro atoms. The first kappa shape index (κ1) is 19.1. The first-order chi connectivity index (χ1) is 14.1. The van der Waals surface area contributed by atoms with E-state index < -0.39 is 0 Å². The van der Waals surface area contributed by atoms with E-state index in [1.54, 1.807) is 23.2 Å². The van der Waals surface area contributed by atoms with Crippen LogP contribution in [0.25, 0.3) is 10.9 Å². The molecule has 148 valence electrons. The molecule has 0 bridgehead atoms. The Morgan fingerprint density at radius 1 is 1.07 bits per heavy atom. The number of rotatable bonds is 4. The lowest BCUT2D eigenvalue weighted by Gasteiger charge is -2.31. The fraction of sp³-hybridized carbons (Fsp3) is 0.261. The zero-order valence-corrected chi connectivity index (χ0v) is 16.0. The minimum atomic E-state index is -0.339. The Bertz CT molecular complexity index is 1040. The van der Waals surface area contributed by atoms with Crippen molar-refractivity contribution in [2.24, 2.45) is 5.92 Å². The van der Waals surface area contributed by atoms with Crippen molar-refractivity contribution in [3.05, 3.63) is 72.2 Å². The lowest BCUT2D eigenvalue weighted by Crippen LogP contribution is -2.42. The third kappa shape index (κ3) is 4.42. The maximum atomic E-state index is 13.3. The van der Waals surface area contributed by atoms with Gasteiger partial charge in [-0.25, -0.2) is 4.39 Å². The molecule has 3 aromatic rings. The molecule has 1 aromatic heterocycles. The highest BCUT2D eigenvalue weighted by molar-refractivity contribution is 6.01. The van der Waals surface area contributed by atoms with Crippen molar-refractivity contribution in [3.63, 3.8) is 0 Å². The number of piperidine rings is 1. The van der Waals surface area contributed by atoms with Crippen molar-refractivity contribution in [1.29, 1.82) is 0 Å². The second-order valence-corrected chi connectivity index (χ2v) is 7.33. The average molecular weight is 391 g/mol. The second-order valence-electron chi connectivity index (χ2n) is 7.33. The lowest BCUT2D eigenvalue weighted by atomic mass is 9.95. The number of benzene rings is 2. The molecule has 2 aromatic carbocycles. The molecule has 5 nitrogen and oxygen atoms in total. The van der Waals surface area contributed by atoms with Gasteiger partial charge < -0.3 is 10.2 Å². The molecule has 0 aliphatic carbocycles. The molecule has 0 atom stereocenters. The van der Waals surface area contributed by atoms with Crippen LogP contribution in [0.2, 0.25) is 0 Å². The normalized spacial score (nSPS) is 14.7. The van der Waals surface area contributed by atoms with E-state index in [1.165, 1.54) is 12.1 Å². The molecule has 2 amide bonds. The van der Waals surface area contributed by atoms with Crippen LogP contribution in [-0.4, -0.2) is 34.8 Å². The standard InChI is InChI=1S/C23H22FN3O2/c24-19-7-1-4-16(14-19)15-21(28)27-12-9-18(10-13-27)23(29)26-20-8-2-5-17-6-3-11-25-22(17)20/h1-8,11,14,18H,9-10,12-13,15H2,(H,26,29). The smallest absolute Gasteiger partial charge is 0.227 e. The van der Waals surface area contributed by atoms with Gasteiger partial charge in [0.25, 0.3) is 0 Å². The summed E-state index contributed by atoms with van der Waals surface area (Å²) in [6, 6.07) is 15.6. The van der Waals surface area contributed by atoms with Crippen molar-refractivity contribution in [1.82, 2.24) is 9.88 Å². The highest BCUT2D eigenvalue weighted by atomic mass is 19.1. The minimum absolute atomic E-state index is 0.0345. The number of carbonyl (C=O) groups is 2. The largest absolute Gasteiger partial charge is 0.342 e. The third-order valence-electron chi connectivity index (χ3n) is 5.35. The van der Waals surface area contributed by atoms with E-state index in [0.29, 0.717) is 37.2 Å². The molecule has 0 unspecified atom stereocenters. The SMILES string of the molecule is O=C(Nc1cccc2cccnc12)C1CCN(C(=O)Cc2cccc(F)c2)CC1. The van der Waals surface area contributed by atoms with Crippen LogP contribution in [0.5, 0.6) is 0 Å². The Balaban J connectivity index is 1.34. The molecule has 1 fully saturated rings. The Hall–Kier alpha value is -3.28. The number of hydrogen-bond acceptors (Lipinski definition) is 3. The van der Waals surface area contributed by atoms with Gasteiger partial charge >= 0.3 is 0 Å². The fourth-order valence-electron chi connectivity index (χ4n) is 3.76. The van der Waals surface area contributed by atoms with E-state index in [0.717, 1.165) is 10.9 Å². The van der Waals surface area contributed by atoms with Gasteiger partial charge in [-0.2, -0.15) is 0 Å². The molecule has 6 heteroatoms. The van der Waals surface area contributed by atoms with E-state index in [4.69, 9.17) is 0 Å². The van der Waals surface area contributed by atoms with Crippen LogP contribution in [0.15, 0.2) is 60.8 Å². The van der Waals surface area contributed by atoms with Crippen molar-refractivity contribution < 1.29 is 14.0 Å². The third-order valence-corrected chi connectivity index (χ3v) is 5.35. The first-order valence-electron chi connectivity index (χ1n) is 9.77. The predicted molar refractivity (Wildman–Crippen MR) is 110 cm³/mol. The van der Waals surface area contributed by atoms with Crippen molar-refractivity contribution in [2.45, 2.75) is 19.3 Å². The number of hydrogen-bond donors (Lipinski definition) is 1. The Morgan fingerprint density at radius 3 is 2.62 bits per heavy atom. The summed E-state index contributed by atoms with van der Waals surface area (Å²) in [6.07, 6.45) is 3.11. The van der Waals surface area contributed by atoms with E-state index >= 15 is 0 Å². The number of aromatic nitrogens is 1. The Labute approximate surface area is 168 Å². The summed E-state index contributed by atoms with van der Waals surface area (Å²) in [4.78, 5) is 31.3. The van der Waals surface area contributed by atoms with Crippen molar-refractivity contribution >= 4 is 28.4 Å². The number of likely N-dealkylation sites (tertiary alicyclic amines) is 1. The van der Waals surface area contributed by atoms with Gasteiger partial charge in [0, 0.05) is 30.6 Å². The molecule has 1 aliphatic rings. The summed E-state index contributed by atoms with van der Waals surface area (Å²) in [6.45, 7) is 1.06. The molecule has 29 heavy (non-hydrogen) atoms. The molecule has 0 saturated carbocycles. The minimum Gasteiger partial charge on any atom is -0.342 e. The Morgan fingerprint density at radius 2 is 1.83 bits per heavy atom. The van der Waals surface area contributed by atoms with Gasteiger partial charge in [0.15, 0.2) is 0 Å². The van der Waals surface area contributed by atoms with E-state index in [9.17, 15) is 14.0 Å². The molecule has 2 heterocycles. The summed E-state index contributed by atoms with van der Waals surface area (Å²) in [5, 5.41) is 3.97. The Kier molecular flexibility index (Phi) is 5.51. The molecule has 4 rings (SSSR count). The lowest BCUT2D eigenvalue weighted by molar-refractivity contribution is -0.133. The van der Waals surface area contributed by atoms with Gasteiger partial charge in [-0.3, -0.25) is 14.6 Å². The monoisotopic (exact) mass is 391 g/mol. The number of carbonyl (C=O) groups excluding carboxylic acids is 2. The van der Waals surface area contributed by atoms with E-state index in [-0.39, 0.29) is 30.0 Å². The summed E-state index contributed by atoms with van der Waals surface area (Å²) >= 11 is 0. The van der Waals surface area contributed by atoms with Gasteiger partial charge in [0.2, 0.25) is 11.8 Å². The highest BCUT2D eigenvalue weighted by Gasteiger charge is 2.27. The highest BCUT2D eigenvalue weighted by Crippen LogP contribution is 2.24. The average Bonchev–Trinajstić information content (AvgIpc) is 2.74.